The first-order valence-corrected chi connectivity index (χ1v) is 11.6. The van der Waals surface area contributed by atoms with E-state index in [4.69, 9.17) is 14.2 Å². The third-order valence-electron chi connectivity index (χ3n) is 6.63. The summed E-state index contributed by atoms with van der Waals surface area (Å²) in [4.78, 5) is 24.3. The van der Waals surface area contributed by atoms with Crippen LogP contribution in [0.5, 0.6) is 11.5 Å². The van der Waals surface area contributed by atoms with Crippen molar-refractivity contribution in [1.82, 2.24) is 14.3 Å². The van der Waals surface area contributed by atoms with Crippen LogP contribution in [0.4, 0.5) is 0 Å². The summed E-state index contributed by atoms with van der Waals surface area (Å²) in [5, 5.41) is 25.6. The number of carboxylic acids is 1. The molecule has 188 valence electrons. The third-order valence-corrected chi connectivity index (χ3v) is 6.63. The highest BCUT2D eigenvalue weighted by Gasteiger charge is 2.29. The predicted molar refractivity (Wildman–Crippen MR) is 128 cm³/mol. The van der Waals surface area contributed by atoms with Gasteiger partial charge in [0, 0.05) is 25.0 Å². The average molecular weight is 486 g/mol. The number of aromatic carboxylic acids is 1. The molecule has 1 aromatic carbocycles. The van der Waals surface area contributed by atoms with Crippen LogP contribution < -0.4 is 15.0 Å². The number of hydrogen-bond donors (Lipinski definition) is 2. The zero-order chi connectivity index (χ0) is 25.3. The smallest absolute Gasteiger partial charge is 0.339 e. The van der Waals surface area contributed by atoms with Gasteiger partial charge in [0.1, 0.15) is 34.8 Å². The number of methoxy groups -OCH3 is 2. The van der Waals surface area contributed by atoms with Crippen molar-refractivity contribution in [1.29, 1.82) is 0 Å². The Labute approximate surface area is 202 Å². The van der Waals surface area contributed by atoms with Gasteiger partial charge in [0.2, 0.25) is 0 Å². The van der Waals surface area contributed by atoms with Crippen molar-refractivity contribution in [3.8, 4) is 11.5 Å². The number of ether oxygens (including phenoxy) is 3. The Morgan fingerprint density at radius 2 is 1.80 bits per heavy atom. The maximum atomic E-state index is 12.6. The summed E-state index contributed by atoms with van der Waals surface area (Å²) in [5.74, 6) is -0.0108. The lowest BCUT2D eigenvalue weighted by molar-refractivity contribution is -0.0845. The van der Waals surface area contributed by atoms with Gasteiger partial charge in [-0.2, -0.15) is 5.10 Å². The standard InChI is InChI=1S/C25H31N3O7/c1-14-19(33-3)9-15(10-20(14)34-4)23(29)21(35-16-7-5-6-8-16)13-28-12-17-22(26-28)18(25(31)32)11-27(2)24(17)30/h9-12,16,21,23,29H,5-8,13H2,1-4H3,(H,31,32)/t21-,23+/m0/s1. The van der Waals surface area contributed by atoms with E-state index in [0.29, 0.717) is 17.1 Å². The summed E-state index contributed by atoms with van der Waals surface area (Å²) in [6, 6.07) is 3.51. The van der Waals surface area contributed by atoms with E-state index in [-0.39, 0.29) is 34.7 Å². The van der Waals surface area contributed by atoms with Crippen molar-refractivity contribution >= 4 is 16.9 Å². The molecule has 0 amide bonds. The van der Waals surface area contributed by atoms with Crippen LogP contribution in [0.1, 0.15) is 53.3 Å². The molecule has 2 aromatic heterocycles. The second-order valence-electron chi connectivity index (χ2n) is 8.95. The maximum absolute atomic E-state index is 12.6. The lowest BCUT2D eigenvalue weighted by Crippen LogP contribution is -2.31. The molecule has 0 radical (unpaired) electrons. The Morgan fingerprint density at radius 1 is 1.17 bits per heavy atom. The summed E-state index contributed by atoms with van der Waals surface area (Å²) >= 11 is 0. The highest BCUT2D eigenvalue weighted by Crippen LogP contribution is 2.35. The van der Waals surface area contributed by atoms with Gasteiger partial charge in [-0.3, -0.25) is 9.48 Å². The van der Waals surface area contributed by atoms with Crippen molar-refractivity contribution in [2.45, 2.75) is 57.5 Å². The summed E-state index contributed by atoms with van der Waals surface area (Å²) in [7, 11) is 4.61. The van der Waals surface area contributed by atoms with Crippen LogP contribution in [0, 0.1) is 6.92 Å². The van der Waals surface area contributed by atoms with Gasteiger partial charge in [0.25, 0.3) is 5.56 Å². The van der Waals surface area contributed by atoms with Crippen LogP contribution in [-0.4, -0.2) is 57.0 Å². The van der Waals surface area contributed by atoms with Crippen molar-refractivity contribution in [2.75, 3.05) is 14.2 Å². The monoisotopic (exact) mass is 485 g/mol. The summed E-state index contributed by atoms with van der Waals surface area (Å²) in [5.41, 5.74) is 1.06. The minimum absolute atomic E-state index is 0.00341. The predicted octanol–water partition coefficient (Wildman–Crippen LogP) is 2.82. The molecule has 0 unspecified atom stereocenters. The molecule has 0 bridgehead atoms. The van der Waals surface area contributed by atoms with E-state index in [0.717, 1.165) is 31.2 Å². The summed E-state index contributed by atoms with van der Waals surface area (Å²) in [6.45, 7) is 1.99. The molecule has 1 fully saturated rings. The van der Waals surface area contributed by atoms with Crippen LogP contribution in [-0.2, 0) is 18.3 Å². The third kappa shape index (κ3) is 4.89. The SMILES string of the molecule is COc1cc([C@@H](O)[C@H](Cn2cc3c(=O)n(C)cc(C(=O)O)c3n2)OC2CCCC2)cc(OC)c1C. The second kappa shape index (κ2) is 10.1. The molecule has 0 saturated heterocycles. The van der Waals surface area contributed by atoms with Gasteiger partial charge in [0.15, 0.2) is 0 Å². The van der Waals surface area contributed by atoms with E-state index in [1.54, 1.807) is 26.4 Å². The lowest BCUT2D eigenvalue weighted by Gasteiger charge is -2.27. The molecule has 10 nitrogen and oxygen atoms in total. The van der Waals surface area contributed by atoms with E-state index in [2.05, 4.69) is 5.10 Å². The summed E-state index contributed by atoms with van der Waals surface area (Å²) in [6.07, 6.45) is 4.93. The largest absolute Gasteiger partial charge is 0.496 e. The zero-order valence-corrected chi connectivity index (χ0v) is 20.4. The molecular formula is C25H31N3O7. The van der Waals surface area contributed by atoms with E-state index in [1.807, 2.05) is 6.92 Å². The van der Waals surface area contributed by atoms with Crippen molar-refractivity contribution in [2.24, 2.45) is 7.05 Å². The first-order chi connectivity index (χ1) is 16.7. The topological polar surface area (TPSA) is 125 Å². The maximum Gasteiger partial charge on any atom is 0.339 e. The minimum Gasteiger partial charge on any atom is -0.496 e. The number of fused-ring (bicyclic) bond motifs is 1. The highest BCUT2D eigenvalue weighted by molar-refractivity contribution is 6.00. The number of aromatic nitrogens is 3. The van der Waals surface area contributed by atoms with Crippen molar-refractivity contribution < 1.29 is 29.2 Å². The average Bonchev–Trinajstić information content (AvgIpc) is 3.50. The molecule has 1 aliphatic carbocycles. The number of hydrogen-bond acceptors (Lipinski definition) is 7. The normalized spacial score (nSPS) is 15.9. The lowest BCUT2D eigenvalue weighted by atomic mass is 10.0. The van der Waals surface area contributed by atoms with E-state index < -0.39 is 18.2 Å². The van der Waals surface area contributed by atoms with Crippen LogP contribution in [0.25, 0.3) is 10.9 Å². The van der Waals surface area contributed by atoms with Crippen molar-refractivity contribution in [3.05, 3.63) is 51.6 Å². The van der Waals surface area contributed by atoms with E-state index in [9.17, 15) is 19.8 Å². The van der Waals surface area contributed by atoms with Crippen molar-refractivity contribution in [3.63, 3.8) is 0 Å². The zero-order valence-electron chi connectivity index (χ0n) is 20.4. The van der Waals surface area contributed by atoms with Crippen LogP contribution in [0.15, 0.2) is 29.3 Å². The number of pyridine rings is 1. The number of benzene rings is 1. The number of aliphatic hydroxyl groups is 1. The van der Waals surface area contributed by atoms with Gasteiger partial charge in [-0.1, -0.05) is 12.8 Å². The van der Waals surface area contributed by atoms with Gasteiger partial charge in [-0.25, -0.2) is 4.79 Å². The van der Waals surface area contributed by atoms with Crippen LogP contribution in [0.3, 0.4) is 0 Å². The molecule has 1 aliphatic rings. The molecule has 0 spiro atoms. The molecule has 10 heteroatoms. The van der Waals surface area contributed by atoms with E-state index >= 15 is 0 Å². The Kier molecular flexibility index (Phi) is 7.13. The number of carbonyl (C=O) groups is 1. The molecule has 2 N–H and O–H groups in total. The molecule has 0 aliphatic heterocycles. The number of rotatable bonds is 9. The van der Waals surface area contributed by atoms with Gasteiger partial charge >= 0.3 is 5.97 Å². The Bertz CT molecular complexity index is 1270. The van der Waals surface area contributed by atoms with Gasteiger partial charge in [-0.15, -0.1) is 0 Å². The van der Waals surface area contributed by atoms with E-state index in [1.165, 1.54) is 28.7 Å². The number of nitrogens with zero attached hydrogens (tertiary/aromatic N) is 3. The van der Waals surface area contributed by atoms with Crippen LogP contribution in [0.2, 0.25) is 0 Å². The fraction of sp³-hybridized carbons (Fsp3) is 0.480. The van der Waals surface area contributed by atoms with Gasteiger partial charge in [-0.05, 0) is 37.5 Å². The van der Waals surface area contributed by atoms with Crippen LogP contribution >= 0.6 is 0 Å². The summed E-state index contributed by atoms with van der Waals surface area (Å²) < 4.78 is 20.0. The number of aliphatic hydroxyl groups excluding tert-OH is 1. The Morgan fingerprint density at radius 3 is 2.37 bits per heavy atom. The molecule has 1 saturated carbocycles. The quantitative estimate of drug-likeness (QED) is 0.474. The number of carboxylic acid groups (broad SMARTS) is 1. The first kappa shape index (κ1) is 24.7. The van der Waals surface area contributed by atoms with Gasteiger partial charge in [0.05, 0.1) is 32.3 Å². The van der Waals surface area contributed by atoms with Gasteiger partial charge < -0.3 is 29.0 Å². The fourth-order valence-electron chi connectivity index (χ4n) is 4.70. The Hall–Kier alpha value is -3.37. The first-order valence-electron chi connectivity index (χ1n) is 11.6. The highest BCUT2D eigenvalue weighted by atomic mass is 16.5. The second-order valence-corrected chi connectivity index (χ2v) is 8.95. The molecule has 3 aromatic rings. The Balaban J connectivity index is 1.73. The molecule has 2 atom stereocenters. The molecule has 2 heterocycles. The molecule has 35 heavy (non-hydrogen) atoms. The number of aryl methyl sites for hydroxylation is 1. The fourth-order valence-corrected chi connectivity index (χ4v) is 4.70. The minimum atomic E-state index is -1.17. The molecule has 4 rings (SSSR count). The molecular weight excluding hydrogens is 454 g/mol.